The Morgan fingerprint density at radius 1 is 1.27 bits per heavy atom. The molecule has 0 aliphatic heterocycles. The van der Waals surface area contributed by atoms with Crippen LogP contribution in [0.25, 0.3) is 21.9 Å². The third-order valence-electron chi connectivity index (χ3n) is 6.52. The molecule has 1 unspecified atom stereocenters. The lowest BCUT2D eigenvalue weighted by Gasteiger charge is -2.24. The van der Waals surface area contributed by atoms with Crippen molar-refractivity contribution in [2.45, 2.75) is 38.1 Å². The van der Waals surface area contributed by atoms with Crippen molar-refractivity contribution in [2.24, 2.45) is 0 Å². The van der Waals surface area contributed by atoms with E-state index in [0.29, 0.717) is 34.3 Å². The number of amides is 1. The molecule has 10 nitrogen and oxygen atoms in total. The molecule has 13 heteroatoms. The number of carbonyl (C=O) groups is 1. The molecular formula is C24H23N9OS3. The van der Waals surface area contributed by atoms with E-state index in [-0.39, 0.29) is 11.9 Å². The van der Waals surface area contributed by atoms with Crippen molar-refractivity contribution < 1.29 is 4.79 Å². The van der Waals surface area contributed by atoms with Gasteiger partial charge in [-0.1, -0.05) is 17.2 Å². The quantitative estimate of drug-likeness (QED) is 0.215. The molecular weight excluding hydrogens is 527 g/mol. The number of imidazole rings is 1. The molecule has 1 fully saturated rings. The Kier molecular flexibility index (Phi) is 6.65. The molecule has 0 spiro atoms. The Balaban J connectivity index is 1.46. The van der Waals surface area contributed by atoms with E-state index in [2.05, 4.69) is 61.5 Å². The van der Waals surface area contributed by atoms with E-state index in [9.17, 15) is 4.79 Å². The summed E-state index contributed by atoms with van der Waals surface area (Å²) in [5, 5.41) is 15.7. The molecule has 1 atom stereocenters. The number of thiophene rings is 1. The van der Waals surface area contributed by atoms with E-state index < -0.39 is 0 Å². The van der Waals surface area contributed by atoms with Crippen molar-refractivity contribution in [3.05, 3.63) is 71.1 Å². The van der Waals surface area contributed by atoms with Gasteiger partial charge in [0.1, 0.15) is 5.69 Å². The molecule has 0 saturated heterocycles. The van der Waals surface area contributed by atoms with Crippen LogP contribution in [-0.2, 0) is 0 Å². The average molecular weight is 550 g/mol. The number of tetrazole rings is 1. The molecule has 0 radical (unpaired) electrons. The second-order valence-corrected chi connectivity index (χ2v) is 11.5. The first-order valence-electron chi connectivity index (χ1n) is 11.8. The standard InChI is InChI=1S/C24H23N9OS3/c1-14-5-6-21(37-14)20-11-27-23-19(33-22(29-30-31-33)15-3-2-4-15)9-16(12-32(20)23)24(34)28-18(13-36-35)17-10-25-7-8-26-17/h5-12,15,18,35H,2-4,13H2,1H3,(H,28,34). The lowest BCUT2D eigenvalue weighted by atomic mass is 9.85. The van der Waals surface area contributed by atoms with Crippen molar-refractivity contribution in [1.29, 1.82) is 0 Å². The Labute approximate surface area is 225 Å². The third-order valence-corrected chi connectivity index (χ3v) is 8.47. The minimum atomic E-state index is -0.358. The van der Waals surface area contributed by atoms with Crippen LogP contribution < -0.4 is 5.32 Å². The average Bonchev–Trinajstić information content (AvgIpc) is 3.62. The van der Waals surface area contributed by atoms with Crippen LogP contribution in [0.2, 0.25) is 0 Å². The van der Waals surface area contributed by atoms with Gasteiger partial charge in [0.25, 0.3) is 5.91 Å². The fourth-order valence-corrected chi connectivity index (χ4v) is 6.12. The maximum atomic E-state index is 13.6. The number of nitrogens with zero attached hydrogens (tertiary/aromatic N) is 8. The summed E-state index contributed by atoms with van der Waals surface area (Å²) in [6, 6.07) is 5.60. The molecule has 1 N–H and O–H groups in total. The van der Waals surface area contributed by atoms with Crippen LogP contribution >= 0.6 is 33.8 Å². The smallest absolute Gasteiger partial charge is 0.253 e. The molecule has 5 heterocycles. The van der Waals surface area contributed by atoms with E-state index >= 15 is 0 Å². The summed E-state index contributed by atoms with van der Waals surface area (Å²) in [6.45, 7) is 2.07. The number of pyridine rings is 1. The largest absolute Gasteiger partial charge is 0.343 e. The third kappa shape index (κ3) is 4.62. The molecule has 6 rings (SSSR count). The van der Waals surface area contributed by atoms with Gasteiger partial charge in [0.05, 0.1) is 40.3 Å². The summed E-state index contributed by atoms with van der Waals surface area (Å²) in [5.74, 6) is 1.38. The van der Waals surface area contributed by atoms with Crippen LogP contribution in [0.1, 0.15) is 58.0 Å². The molecule has 188 valence electrons. The second kappa shape index (κ2) is 10.2. The molecule has 1 aliphatic rings. The van der Waals surface area contributed by atoms with E-state index in [4.69, 9.17) is 4.98 Å². The van der Waals surface area contributed by atoms with Gasteiger partial charge in [-0.05, 0) is 48.4 Å². The van der Waals surface area contributed by atoms with Crippen LogP contribution in [0.15, 0.2) is 49.2 Å². The number of aromatic nitrogens is 8. The SMILES string of the molecule is Cc1ccc(-c2cnc3c(-n4nnnc4C4CCC4)cc(C(=O)NC(CSS)c4cnccn4)cn23)s1. The fraction of sp³-hybridized carbons (Fsp3) is 0.292. The fourth-order valence-electron chi connectivity index (χ4n) is 4.40. The Hall–Kier alpha value is -3.29. The zero-order valence-electron chi connectivity index (χ0n) is 19.9. The van der Waals surface area contributed by atoms with E-state index in [1.54, 1.807) is 40.7 Å². The molecule has 5 aromatic rings. The van der Waals surface area contributed by atoms with Gasteiger partial charge >= 0.3 is 0 Å². The predicted octanol–water partition coefficient (Wildman–Crippen LogP) is 4.45. The van der Waals surface area contributed by atoms with Gasteiger partial charge < -0.3 is 5.32 Å². The van der Waals surface area contributed by atoms with E-state index in [1.807, 2.05) is 16.8 Å². The zero-order chi connectivity index (χ0) is 25.4. The van der Waals surface area contributed by atoms with Crippen LogP contribution in [0.3, 0.4) is 0 Å². The summed E-state index contributed by atoms with van der Waals surface area (Å²) in [7, 11) is 1.33. The van der Waals surface area contributed by atoms with Crippen molar-refractivity contribution in [2.75, 3.05) is 5.75 Å². The number of rotatable bonds is 8. The highest BCUT2D eigenvalue weighted by atomic mass is 33.1. The normalized spacial score (nSPS) is 14.5. The highest BCUT2D eigenvalue weighted by Gasteiger charge is 2.28. The second-order valence-electron chi connectivity index (χ2n) is 8.89. The lowest BCUT2D eigenvalue weighted by molar-refractivity contribution is 0.0939. The van der Waals surface area contributed by atoms with E-state index in [1.165, 1.54) is 15.7 Å². The first kappa shape index (κ1) is 24.1. The molecule has 0 aromatic carbocycles. The van der Waals surface area contributed by atoms with Gasteiger partial charge in [0.15, 0.2) is 11.5 Å². The zero-order valence-corrected chi connectivity index (χ0v) is 22.4. The molecule has 1 aliphatic carbocycles. The first-order chi connectivity index (χ1) is 18.1. The Morgan fingerprint density at radius 2 is 2.16 bits per heavy atom. The van der Waals surface area contributed by atoms with Gasteiger partial charge in [-0.3, -0.25) is 19.2 Å². The molecule has 5 aromatic heterocycles. The van der Waals surface area contributed by atoms with Gasteiger partial charge in [0, 0.05) is 35.1 Å². The number of fused-ring (bicyclic) bond motifs is 1. The van der Waals surface area contributed by atoms with Crippen molar-refractivity contribution in [3.8, 4) is 16.3 Å². The van der Waals surface area contributed by atoms with Crippen molar-refractivity contribution in [1.82, 2.24) is 44.9 Å². The van der Waals surface area contributed by atoms with Crippen LogP contribution in [0, 0.1) is 6.92 Å². The van der Waals surface area contributed by atoms with Crippen LogP contribution in [0.4, 0.5) is 0 Å². The number of aryl methyl sites for hydroxylation is 1. The number of carbonyl (C=O) groups excluding carboxylic acids is 1. The summed E-state index contributed by atoms with van der Waals surface area (Å²) < 4.78 is 3.68. The van der Waals surface area contributed by atoms with E-state index in [0.717, 1.165) is 35.7 Å². The van der Waals surface area contributed by atoms with Gasteiger partial charge in [-0.25, -0.2) is 4.98 Å². The van der Waals surface area contributed by atoms with Crippen molar-refractivity contribution in [3.63, 3.8) is 0 Å². The first-order valence-corrected chi connectivity index (χ1v) is 14.7. The summed E-state index contributed by atoms with van der Waals surface area (Å²) in [5.41, 5.74) is 3.38. The summed E-state index contributed by atoms with van der Waals surface area (Å²) in [6.07, 6.45) is 11.8. The minimum Gasteiger partial charge on any atom is -0.343 e. The lowest BCUT2D eigenvalue weighted by Crippen LogP contribution is -2.31. The number of thiol groups is 1. The van der Waals surface area contributed by atoms with Gasteiger partial charge in [0.2, 0.25) is 0 Å². The molecule has 1 saturated carbocycles. The molecule has 37 heavy (non-hydrogen) atoms. The Bertz CT molecular complexity index is 1560. The number of nitrogens with one attached hydrogen (secondary N) is 1. The molecule has 0 bridgehead atoms. The summed E-state index contributed by atoms with van der Waals surface area (Å²) in [4.78, 5) is 29.2. The maximum absolute atomic E-state index is 13.6. The van der Waals surface area contributed by atoms with Gasteiger partial charge in [-0.15, -0.1) is 28.1 Å². The predicted molar refractivity (Wildman–Crippen MR) is 146 cm³/mol. The van der Waals surface area contributed by atoms with Crippen molar-refractivity contribution >= 4 is 45.3 Å². The van der Waals surface area contributed by atoms with Crippen LogP contribution in [-0.4, -0.2) is 51.2 Å². The number of hydrogen-bond acceptors (Lipinski definition) is 10. The maximum Gasteiger partial charge on any atom is 0.253 e. The number of hydrogen-bond donors (Lipinski definition) is 2. The monoisotopic (exact) mass is 549 g/mol. The van der Waals surface area contributed by atoms with Crippen LogP contribution in [0.5, 0.6) is 0 Å². The Morgan fingerprint density at radius 3 is 2.86 bits per heavy atom. The summed E-state index contributed by atoms with van der Waals surface area (Å²) >= 11 is 5.98. The highest BCUT2D eigenvalue weighted by Crippen LogP contribution is 2.37. The minimum absolute atomic E-state index is 0.249. The van der Waals surface area contributed by atoms with Gasteiger partial charge in [-0.2, -0.15) is 4.68 Å². The highest BCUT2D eigenvalue weighted by molar-refractivity contribution is 8.68. The molecule has 1 amide bonds. The topological polar surface area (TPSA) is 116 Å².